The van der Waals surface area contributed by atoms with E-state index in [0.29, 0.717) is 0 Å². The number of ketones is 1. The van der Waals surface area contributed by atoms with E-state index < -0.39 is 41.3 Å². The quantitative estimate of drug-likeness (QED) is 0.687. The Kier molecular flexibility index (Phi) is 1.86. The summed E-state index contributed by atoms with van der Waals surface area (Å²) < 4.78 is 62.4. The Labute approximate surface area is 79.3 Å². The summed E-state index contributed by atoms with van der Waals surface area (Å²) in [6.07, 6.45) is -9.87. The molecule has 1 aromatic heterocycles. The van der Waals surface area contributed by atoms with Gasteiger partial charge in [-0.3, -0.25) is 9.89 Å². The van der Waals surface area contributed by atoms with Crippen molar-refractivity contribution in [3.8, 4) is 0 Å². The average molecular weight is 226 g/mol. The number of Topliss-reactive ketones (excluding diaryl/α,β-unsaturated/α-hetero) is 1. The first kappa shape index (κ1) is 10.1. The van der Waals surface area contributed by atoms with E-state index in [9.17, 15) is 26.7 Å². The number of carbonyl (C=O) groups excluding carboxylic acids is 1. The van der Waals surface area contributed by atoms with Crippen LogP contribution in [0.1, 0.15) is 27.9 Å². The van der Waals surface area contributed by atoms with Gasteiger partial charge in [-0.25, -0.2) is 8.78 Å². The number of hydrogen-bond acceptors (Lipinski definition) is 2. The highest BCUT2D eigenvalue weighted by Gasteiger charge is 2.50. The second-order valence-corrected chi connectivity index (χ2v) is 3.03. The molecule has 0 saturated carbocycles. The minimum Gasteiger partial charge on any atom is -0.291 e. The predicted molar refractivity (Wildman–Crippen MR) is 36.7 cm³/mol. The van der Waals surface area contributed by atoms with Gasteiger partial charge in [-0.15, -0.1) is 0 Å². The number of carbonyl (C=O) groups is 1. The number of fused-ring (bicyclic) bond motifs is 1. The van der Waals surface area contributed by atoms with E-state index in [2.05, 4.69) is 5.10 Å². The Bertz CT molecular complexity index is 424. The first-order chi connectivity index (χ1) is 6.84. The van der Waals surface area contributed by atoms with Gasteiger partial charge < -0.3 is 0 Å². The van der Waals surface area contributed by atoms with Crippen molar-refractivity contribution in [2.75, 3.05) is 0 Å². The largest absolute Gasteiger partial charge is 0.435 e. The Hall–Kier alpha value is -1.47. The van der Waals surface area contributed by atoms with E-state index in [4.69, 9.17) is 0 Å². The molecule has 3 nitrogen and oxygen atoms in total. The van der Waals surface area contributed by atoms with Crippen molar-refractivity contribution in [2.24, 2.45) is 0 Å². The lowest BCUT2D eigenvalue weighted by atomic mass is 10.2. The monoisotopic (exact) mass is 226 g/mol. The van der Waals surface area contributed by atoms with E-state index in [1.807, 2.05) is 0 Å². The van der Waals surface area contributed by atoms with Gasteiger partial charge in [0.2, 0.25) is 5.78 Å². The maximum atomic E-state index is 12.9. The van der Waals surface area contributed by atoms with Crippen LogP contribution in [0.25, 0.3) is 0 Å². The molecule has 8 heteroatoms. The zero-order valence-electron chi connectivity index (χ0n) is 6.90. The minimum absolute atomic E-state index is 0.736. The molecule has 1 N–H and O–H groups in total. The summed E-state index contributed by atoms with van der Waals surface area (Å²) in [6.45, 7) is 0. The van der Waals surface area contributed by atoms with Gasteiger partial charge in [0.05, 0.1) is 11.3 Å². The third-order valence-electron chi connectivity index (χ3n) is 2.09. The van der Waals surface area contributed by atoms with Crippen LogP contribution < -0.4 is 0 Å². The molecule has 1 aliphatic rings. The number of nitrogens with zero attached hydrogens (tertiary/aromatic N) is 1. The molecule has 15 heavy (non-hydrogen) atoms. The van der Waals surface area contributed by atoms with Gasteiger partial charge in [0.1, 0.15) is 0 Å². The molecule has 0 aliphatic heterocycles. The van der Waals surface area contributed by atoms with E-state index in [0.717, 1.165) is 0 Å². The van der Waals surface area contributed by atoms with Gasteiger partial charge in [-0.05, 0) is 0 Å². The summed E-state index contributed by atoms with van der Waals surface area (Å²) in [4.78, 5) is 11.0. The third-order valence-corrected chi connectivity index (χ3v) is 2.09. The van der Waals surface area contributed by atoms with Crippen molar-refractivity contribution >= 4 is 5.78 Å². The van der Waals surface area contributed by atoms with Crippen LogP contribution in [0.15, 0.2) is 0 Å². The number of aromatic nitrogens is 2. The zero-order valence-corrected chi connectivity index (χ0v) is 6.90. The normalized spacial score (nSPS) is 25.8. The molecule has 2 atom stereocenters. The van der Waals surface area contributed by atoms with Gasteiger partial charge in [0.25, 0.3) is 0 Å². The number of nitrogens with one attached hydrogen (secondary N) is 1. The van der Waals surface area contributed by atoms with Crippen molar-refractivity contribution in [3.05, 3.63) is 17.0 Å². The number of rotatable bonds is 0. The van der Waals surface area contributed by atoms with Crippen LogP contribution >= 0.6 is 0 Å². The Balaban J connectivity index is 2.59. The van der Waals surface area contributed by atoms with Crippen LogP contribution in [0.5, 0.6) is 0 Å². The van der Waals surface area contributed by atoms with E-state index in [1.54, 1.807) is 5.10 Å². The van der Waals surface area contributed by atoms with Crippen molar-refractivity contribution in [3.63, 3.8) is 0 Å². The number of hydrogen-bond donors (Lipinski definition) is 1. The fourth-order valence-electron chi connectivity index (χ4n) is 1.43. The van der Waals surface area contributed by atoms with Crippen LogP contribution in [-0.4, -0.2) is 22.2 Å². The molecule has 1 aliphatic carbocycles. The highest BCUT2D eigenvalue weighted by atomic mass is 19.4. The van der Waals surface area contributed by atoms with Crippen LogP contribution in [0.4, 0.5) is 22.0 Å². The van der Waals surface area contributed by atoms with Crippen molar-refractivity contribution < 1.29 is 26.7 Å². The minimum atomic E-state index is -4.90. The van der Waals surface area contributed by atoms with Crippen LogP contribution in [0.3, 0.4) is 0 Å². The molecule has 0 saturated heterocycles. The lowest BCUT2D eigenvalue weighted by Crippen LogP contribution is -2.16. The van der Waals surface area contributed by atoms with E-state index >= 15 is 0 Å². The second kappa shape index (κ2) is 2.77. The third kappa shape index (κ3) is 1.24. The molecule has 82 valence electrons. The topological polar surface area (TPSA) is 45.8 Å². The maximum Gasteiger partial charge on any atom is 0.435 e. The number of aromatic amines is 1. The standard InChI is InChI=1S/C7H3F5N2O/c8-2-3(9)5(15)1-4(2)13-14-6(1)7(10,11)12/h2-3H,(H,13,14). The Morgan fingerprint density at radius 2 is 1.80 bits per heavy atom. The number of H-pyrrole nitrogens is 1. The number of alkyl halides is 5. The molecule has 1 heterocycles. The molecule has 2 unspecified atom stereocenters. The fraction of sp³-hybridized carbons (Fsp3) is 0.429. The fourth-order valence-corrected chi connectivity index (χ4v) is 1.43. The van der Waals surface area contributed by atoms with E-state index in [-0.39, 0.29) is 0 Å². The summed E-state index contributed by atoms with van der Waals surface area (Å²) in [5.41, 5.74) is -3.33. The molecule has 0 aromatic carbocycles. The molecule has 1 aromatic rings. The first-order valence-electron chi connectivity index (χ1n) is 3.82. The van der Waals surface area contributed by atoms with Crippen LogP contribution in [-0.2, 0) is 6.18 Å². The van der Waals surface area contributed by atoms with Crippen molar-refractivity contribution in [2.45, 2.75) is 18.5 Å². The lowest BCUT2D eigenvalue weighted by molar-refractivity contribution is -0.141. The first-order valence-corrected chi connectivity index (χ1v) is 3.82. The lowest BCUT2D eigenvalue weighted by Gasteiger charge is -2.03. The molecule has 2 rings (SSSR count). The van der Waals surface area contributed by atoms with Gasteiger partial charge >= 0.3 is 6.18 Å². The number of halogens is 5. The van der Waals surface area contributed by atoms with Gasteiger partial charge in [0, 0.05) is 0 Å². The molecule has 0 radical (unpaired) electrons. The summed E-state index contributed by atoms with van der Waals surface area (Å²) in [5.74, 6) is -1.52. The zero-order chi connectivity index (χ0) is 11.4. The SMILES string of the molecule is O=C1c2c(C(F)(F)F)n[nH]c2C(F)C1F. The Morgan fingerprint density at radius 1 is 1.20 bits per heavy atom. The van der Waals surface area contributed by atoms with Crippen molar-refractivity contribution in [1.82, 2.24) is 10.2 Å². The summed E-state index contributed by atoms with van der Waals surface area (Å²) in [7, 11) is 0. The predicted octanol–water partition coefficient (Wildman–Crippen LogP) is 1.97. The van der Waals surface area contributed by atoms with Gasteiger partial charge in [-0.2, -0.15) is 18.3 Å². The molecular formula is C7H3F5N2O. The van der Waals surface area contributed by atoms with E-state index in [1.165, 1.54) is 0 Å². The second-order valence-electron chi connectivity index (χ2n) is 3.03. The molecule has 0 fully saturated rings. The molecule has 0 spiro atoms. The maximum absolute atomic E-state index is 12.9. The molecule has 0 amide bonds. The summed E-state index contributed by atoms with van der Waals surface area (Å²) in [5, 5.41) is 4.46. The van der Waals surface area contributed by atoms with Crippen LogP contribution in [0.2, 0.25) is 0 Å². The van der Waals surface area contributed by atoms with Crippen LogP contribution in [0, 0.1) is 0 Å². The average Bonchev–Trinajstić information content (AvgIpc) is 2.63. The molecular weight excluding hydrogens is 223 g/mol. The highest BCUT2D eigenvalue weighted by Crippen LogP contribution is 2.41. The van der Waals surface area contributed by atoms with Crippen molar-refractivity contribution in [1.29, 1.82) is 0 Å². The summed E-state index contributed by atoms with van der Waals surface area (Å²) >= 11 is 0. The van der Waals surface area contributed by atoms with Gasteiger partial charge in [0.15, 0.2) is 18.0 Å². The molecule has 0 bridgehead atoms. The smallest absolute Gasteiger partial charge is 0.291 e. The highest BCUT2D eigenvalue weighted by molar-refractivity contribution is 6.05. The Morgan fingerprint density at radius 3 is 2.33 bits per heavy atom. The van der Waals surface area contributed by atoms with Gasteiger partial charge in [-0.1, -0.05) is 0 Å². The summed E-state index contributed by atoms with van der Waals surface area (Å²) in [6, 6.07) is 0.